The zero-order valence-corrected chi connectivity index (χ0v) is 21.2. The highest BCUT2D eigenvalue weighted by atomic mass is 35.5. The molecule has 7 nitrogen and oxygen atoms in total. The number of nitriles is 1. The first kappa shape index (κ1) is 23.4. The molecule has 182 valence electrons. The molecule has 6 rings (SSSR count). The fraction of sp³-hybridized carbons (Fsp3) is 0.179. The summed E-state index contributed by atoms with van der Waals surface area (Å²) >= 11 is 12.8. The molecule has 0 N–H and O–H groups in total. The molecule has 0 amide bonds. The number of nitrogens with zero attached hydrogens (tertiary/aromatic N) is 7. The Bertz CT molecular complexity index is 1620. The van der Waals surface area contributed by atoms with Gasteiger partial charge in [-0.15, -0.1) is 0 Å². The quantitative estimate of drug-likeness (QED) is 0.276. The van der Waals surface area contributed by atoms with Crippen LogP contribution in [0.1, 0.15) is 18.4 Å². The molecule has 0 spiro atoms. The van der Waals surface area contributed by atoms with Crippen LogP contribution >= 0.6 is 23.2 Å². The van der Waals surface area contributed by atoms with Gasteiger partial charge in [-0.05, 0) is 48.7 Å². The van der Waals surface area contributed by atoms with Gasteiger partial charge < -0.3 is 4.90 Å². The van der Waals surface area contributed by atoms with Crippen LogP contribution in [0.3, 0.4) is 0 Å². The van der Waals surface area contributed by atoms with Crippen molar-refractivity contribution >= 4 is 40.1 Å². The van der Waals surface area contributed by atoms with E-state index in [1.165, 1.54) is 0 Å². The summed E-state index contributed by atoms with van der Waals surface area (Å²) in [6.45, 7) is 1.31. The van der Waals surface area contributed by atoms with E-state index in [-0.39, 0.29) is 0 Å². The average Bonchev–Trinajstić information content (AvgIpc) is 3.34. The molecule has 0 aliphatic carbocycles. The number of rotatable bonds is 4. The highest BCUT2D eigenvalue weighted by molar-refractivity contribution is 6.32. The number of anilines is 1. The summed E-state index contributed by atoms with van der Waals surface area (Å²) in [6.07, 6.45) is 6.43. The number of benzene rings is 2. The molecule has 9 heteroatoms. The monoisotopic (exact) mass is 525 g/mol. The molecule has 0 atom stereocenters. The van der Waals surface area contributed by atoms with Crippen molar-refractivity contribution in [2.45, 2.75) is 18.3 Å². The van der Waals surface area contributed by atoms with Crippen molar-refractivity contribution in [1.82, 2.24) is 24.7 Å². The van der Waals surface area contributed by atoms with Crippen molar-refractivity contribution < 1.29 is 0 Å². The number of hydrogen-bond donors (Lipinski definition) is 0. The normalized spacial score (nSPS) is 15.0. The van der Waals surface area contributed by atoms with E-state index in [2.05, 4.69) is 25.9 Å². The fourth-order valence-electron chi connectivity index (χ4n) is 4.99. The van der Waals surface area contributed by atoms with Crippen molar-refractivity contribution in [1.29, 1.82) is 5.26 Å². The Kier molecular flexibility index (Phi) is 5.99. The predicted octanol–water partition coefficient (Wildman–Crippen LogP) is 6.25. The summed E-state index contributed by atoms with van der Waals surface area (Å²) in [7, 11) is 0. The number of piperidine rings is 1. The summed E-state index contributed by atoms with van der Waals surface area (Å²) in [4.78, 5) is 15.7. The van der Waals surface area contributed by atoms with Crippen LogP contribution < -0.4 is 4.90 Å². The molecule has 0 bridgehead atoms. The van der Waals surface area contributed by atoms with Gasteiger partial charge in [0.1, 0.15) is 17.5 Å². The molecule has 0 radical (unpaired) electrons. The van der Waals surface area contributed by atoms with Crippen LogP contribution in [0.5, 0.6) is 0 Å². The summed E-state index contributed by atoms with van der Waals surface area (Å²) in [5.74, 6) is 0.740. The summed E-state index contributed by atoms with van der Waals surface area (Å²) in [5, 5.41) is 16.3. The number of para-hydroxylation sites is 1. The second-order valence-corrected chi connectivity index (χ2v) is 9.88. The first-order valence-electron chi connectivity index (χ1n) is 11.9. The van der Waals surface area contributed by atoms with Gasteiger partial charge in [-0.1, -0.05) is 53.5 Å². The van der Waals surface area contributed by atoms with Gasteiger partial charge in [0.2, 0.25) is 0 Å². The zero-order chi connectivity index (χ0) is 25.4. The molecule has 37 heavy (non-hydrogen) atoms. The number of pyridine rings is 1. The van der Waals surface area contributed by atoms with E-state index in [1.807, 2.05) is 65.3 Å². The minimum atomic E-state index is -0.567. The van der Waals surface area contributed by atoms with Crippen LogP contribution in [-0.2, 0) is 5.41 Å². The summed E-state index contributed by atoms with van der Waals surface area (Å²) < 4.78 is 1.83. The molecule has 0 saturated carbocycles. The van der Waals surface area contributed by atoms with Gasteiger partial charge in [-0.2, -0.15) is 10.4 Å². The van der Waals surface area contributed by atoms with Crippen molar-refractivity contribution in [3.63, 3.8) is 0 Å². The van der Waals surface area contributed by atoms with Crippen LogP contribution in [-0.4, -0.2) is 37.8 Å². The zero-order valence-electron chi connectivity index (χ0n) is 19.7. The van der Waals surface area contributed by atoms with Crippen molar-refractivity contribution in [2.24, 2.45) is 0 Å². The number of aromatic nitrogens is 5. The van der Waals surface area contributed by atoms with Gasteiger partial charge in [0.15, 0.2) is 11.3 Å². The van der Waals surface area contributed by atoms with Gasteiger partial charge in [0.25, 0.3) is 0 Å². The second kappa shape index (κ2) is 9.47. The molecular formula is C28H21Cl2N7. The lowest BCUT2D eigenvalue weighted by Crippen LogP contribution is -2.42. The third-order valence-electron chi connectivity index (χ3n) is 6.98. The summed E-state index contributed by atoms with van der Waals surface area (Å²) in [6, 6.07) is 21.6. The number of hydrogen-bond acceptors (Lipinski definition) is 6. The molecule has 1 aliphatic heterocycles. The maximum Gasteiger partial charge on any atom is 0.160 e. The highest BCUT2D eigenvalue weighted by Crippen LogP contribution is 2.39. The minimum Gasteiger partial charge on any atom is -0.355 e. The number of fused-ring (bicyclic) bond motifs is 1. The Labute approximate surface area is 223 Å². The first-order valence-corrected chi connectivity index (χ1v) is 12.7. The third-order valence-corrected chi connectivity index (χ3v) is 7.55. The van der Waals surface area contributed by atoms with Crippen LogP contribution in [0.25, 0.3) is 28.0 Å². The Morgan fingerprint density at radius 1 is 0.892 bits per heavy atom. The van der Waals surface area contributed by atoms with E-state index in [4.69, 9.17) is 28.3 Å². The van der Waals surface area contributed by atoms with E-state index in [9.17, 15) is 5.26 Å². The molecule has 1 aliphatic rings. The molecule has 4 heterocycles. The van der Waals surface area contributed by atoms with E-state index >= 15 is 0 Å². The SMILES string of the molecule is N#CC1(c2cccnc2)CCN(c2ncnc3c(-c4ccc(Cl)cc4)n(-c4ccccc4Cl)nc23)CC1. The standard InChI is InChI=1S/C28H21Cl2N7/c29-21-9-7-19(8-10-21)26-24-25(35-37(26)23-6-2-1-5-22(23)30)27(34-18-33-24)36-14-11-28(17-31,12-15-36)20-4-3-13-32-16-20/h1-10,13,16,18H,11-12,14-15H2. The van der Waals surface area contributed by atoms with Gasteiger partial charge in [0.05, 0.1) is 22.2 Å². The summed E-state index contributed by atoms with van der Waals surface area (Å²) in [5.41, 5.74) is 4.25. The lowest BCUT2D eigenvalue weighted by Gasteiger charge is -2.37. The maximum absolute atomic E-state index is 10.1. The molecule has 5 aromatic rings. The van der Waals surface area contributed by atoms with Gasteiger partial charge in [-0.3, -0.25) is 4.98 Å². The van der Waals surface area contributed by atoms with Crippen LogP contribution in [0.2, 0.25) is 10.0 Å². The van der Waals surface area contributed by atoms with Crippen molar-refractivity contribution in [3.8, 4) is 23.0 Å². The van der Waals surface area contributed by atoms with Gasteiger partial charge in [-0.25, -0.2) is 14.6 Å². The molecule has 2 aromatic carbocycles. The van der Waals surface area contributed by atoms with Crippen molar-refractivity contribution in [3.05, 3.63) is 95.0 Å². The van der Waals surface area contributed by atoms with E-state index in [1.54, 1.807) is 18.7 Å². The van der Waals surface area contributed by atoms with Gasteiger partial charge in [0, 0.05) is 36.1 Å². The highest BCUT2D eigenvalue weighted by Gasteiger charge is 2.38. The third kappa shape index (κ3) is 4.08. The lowest BCUT2D eigenvalue weighted by atomic mass is 9.74. The van der Waals surface area contributed by atoms with Crippen LogP contribution in [0.15, 0.2) is 79.4 Å². The topological polar surface area (TPSA) is 83.5 Å². The first-order chi connectivity index (χ1) is 18.1. The average molecular weight is 526 g/mol. The van der Waals surface area contributed by atoms with Crippen LogP contribution in [0.4, 0.5) is 5.82 Å². The molecule has 1 saturated heterocycles. The maximum atomic E-state index is 10.1. The van der Waals surface area contributed by atoms with E-state index in [0.29, 0.717) is 41.5 Å². The molecular weight excluding hydrogens is 505 g/mol. The predicted molar refractivity (Wildman–Crippen MR) is 145 cm³/mol. The molecule has 3 aromatic heterocycles. The Morgan fingerprint density at radius 3 is 2.38 bits per heavy atom. The smallest absolute Gasteiger partial charge is 0.160 e. The van der Waals surface area contributed by atoms with E-state index in [0.717, 1.165) is 33.8 Å². The van der Waals surface area contributed by atoms with E-state index < -0.39 is 5.41 Å². The number of halogens is 2. The Balaban J connectivity index is 1.45. The van der Waals surface area contributed by atoms with Crippen molar-refractivity contribution in [2.75, 3.05) is 18.0 Å². The minimum absolute atomic E-state index is 0.567. The van der Waals surface area contributed by atoms with Crippen LogP contribution in [0, 0.1) is 11.3 Å². The molecule has 1 fully saturated rings. The Hall–Kier alpha value is -3.99. The Morgan fingerprint density at radius 2 is 1.68 bits per heavy atom. The largest absolute Gasteiger partial charge is 0.355 e. The second-order valence-electron chi connectivity index (χ2n) is 9.04. The fourth-order valence-corrected chi connectivity index (χ4v) is 5.33. The molecule has 0 unspecified atom stereocenters. The lowest BCUT2D eigenvalue weighted by molar-refractivity contribution is 0.413. The van der Waals surface area contributed by atoms with Gasteiger partial charge >= 0.3 is 0 Å².